The first kappa shape index (κ1) is 23.0. The fourth-order valence-electron chi connectivity index (χ4n) is 1.62. The summed E-state index contributed by atoms with van der Waals surface area (Å²) < 4.78 is 140. The minimum absolute atomic E-state index is 0.144. The Morgan fingerprint density at radius 2 is 1.13 bits per heavy atom. The average Bonchev–Trinajstić information content (AvgIpc) is 2.35. The van der Waals surface area contributed by atoms with E-state index >= 15 is 0 Å². The van der Waals surface area contributed by atoms with Gasteiger partial charge in [-0.25, -0.2) is 0 Å². The quantitative estimate of drug-likeness (QED) is 0.227. The number of hydrogen-bond donors (Lipinski definition) is 0. The lowest BCUT2D eigenvalue weighted by atomic mass is 9.87. The average molecular weight is 480 g/mol. The Morgan fingerprint density at radius 3 is 1.43 bits per heavy atom. The predicted molar refractivity (Wildman–Crippen MR) is 67.7 cm³/mol. The fraction of sp³-hybridized carbons (Fsp3) is 1.00. The summed E-state index contributed by atoms with van der Waals surface area (Å²) in [6, 6.07) is 0. The van der Waals surface area contributed by atoms with Crippen molar-refractivity contribution in [3.8, 4) is 0 Å². The van der Waals surface area contributed by atoms with E-state index in [0.29, 0.717) is 6.92 Å². The van der Waals surface area contributed by atoms with Crippen LogP contribution in [0, 0.1) is 5.92 Å². The predicted octanol–water partition coefficient (Wildman–Crippen LogP) is 6.33. The molecule has 0 radical (unpaired) electrons. The van der Waals surface area contributed by atoms with E-state index in [0.717, 1.165) is 0 Å². The Bertz CT molecular complexity index is 401. The molecule has 0 aromatic carbocycles. The van der Waals surface area contributed by atoms with Gasteiger partial charge in [-0.05, 0) is 6.42 Å². The summed E-state index contributed by atoms with van der Waals surface area (Å²) in [4.78, 5) is 0. The van der Waals surface area contributed by atoms with Gasteiger partial charge in [0.05, 0.1) is 0 Å². The normalized spacial score (nSPS) is 18.0. The van der Waals surface area contributed by atoms with E-state index in [1.54, 1.807) is 0 Å². The molecule has 0 nitrogen and oxygen atoms in total. The zero-order chi connectivity index (χ0) is 19.1. The largest absolute Gasteiger partial charge is 0.460 e. The van der Waals surface area contributed by atoms with Crippen molar-refractivity contribution in [3.63, 3.8) is 0 Å². The molecule has 140 valence electrons. The molecular formula is C11H12F11I. The first-order chi connectivity index (χ1) is 9.89. The molecule has 2 unspecified atom stereocenters. The van der Waals surface area contributed by atoms with E-state index < -0.39 is 39.7 Å². The van der Waals surface area contributed by atoms with E-state index in [2.05, 4.69) is 0 Å². The van der Waals surface area contributed by atoms with E-state index in [9.17, 15) is 48.3 Å². The second-order valence-corrected chi connectivity index (χ2v) is 6.54. The van der Waals surface area contributed by atoms with Crippen molar-refractivity contribution in [2.24, 2.45) is 5.92 Å². The molecule has 23 heavy (non-hydrogen) atoms. The van der Waals surface area contributed by atoms with E-state index in [1.807, 2.05) is 0 Å². The van der Waals surface area contributed by atoms with Crippen LogP contribution in [0.4, 0.5) is 48.3 Å². The molecule has 0 bridgehead atoms. The van der Waals surface area contributed by atoms with Gasteiger partial charge in [0.25, 0.3) is 0 Å². The van der Waals surface area contributed by atoms with Gasteiger partial charge in [0.1, 0.15) is 0 Å². The van der Waals surface area contributed by atoms with Crippen LogP contribution < -0.4 is 0 Å². The molecule has 0 spiro atoms. The molecule has 0 aliphatic carbocycles. The van der Waals surface area contributed by atoms with Gasteiger partial charge < -0.3 is 0 Å². The van der Waals surface area contributed by atoms with Crippen LogP contribution >= 0.6 is 22.6 Å². The highest BCUT2D eigenvalue weighted by Crippen LogP contribution is 2.59. The van der Waals surface area contributed by atoms with E-state index in [4.69, 9.17) is 0 Å². The monoisotopic (exact) mass is 480 g/mol. The number of halogens is 12. The SMILES string of the molecule is CCCC(I)C(C)C(F)(F)C(F)(F)C(F)(F)C(F)(F)C(F)(F)F. The van der Waals surface area contributed by atoms with E-state index in [-0.39, 0.29) is 12.8 Å². The molecule has 0 aromatic heterocycles. The van der Waals surface area contributed by atoms with Crippen LogP contribution in [-0.4, -0.2) is 33.8 Å². The molecule has 0 saturated heterocycles. The van der Waals surface area contributed by atoms with Gasteiger partial charge in [0.15, 0.2) is 0 Å². The van der Waals surface area contributed by atoms with Crippen molar-refractivity contribution < 1.29 is 48.3 Å². The van der Waals surface area contributed by atoms with Crippen molar-refractivity contribution in [3.05, 3.63) is 0 Å². The third-order valence-corrected chi connectivity index (χ3v) is 4.94. The van der Waals surface area contributed by atoms with Crippen molar-refractivity contribution in [2.75, 3.05) is 0 Å². The minimum atomic E-state index is -7.32. The number of hydrogen-bond acceptors (Lipinski definition) is 0. The van der Waals surface area contributed by atoms with Gasteiger partial charge in [-0.1, -0.05) is 42.9 Å². The van der Waals surface area contributed by atoms with Gasteiger partial charge in [-0.15, -0.1) is 0 Å². The molecule has 0 aliphatic heterocycles. The highest BCUT2D eigenvalue weighted by Gasteiger charge is 2.87. The lowest BCUT2D eigenvalue weighted by Gasteiger charge is -2.40. The maximum absolute atomic E-state index is 13.6. The smallest absolute Gasteiger partial charge is 0.199 e. The number of alkyl halides is 12. The van der Waals surface area contributed by atoms with Crippen molar-refractivity contribution in [2.45, 2.75) is 60.5 Å². The van der Waals surface area contributed by atoms with Crippen molar-refractivity contribution >= 4 is 22.6 Å². The molecule has 0 saturated carbocycles. The Morgan fingerprint density at radius 1 is 0.739 bits per heavy atom. The van der Waals surface area contributed by atoms with Crippen LogP contribution in [0.2, 0.25) is 0 Å². The molecule has 0 aromatic rings. The van der Waals surface area contributed by atoms with Crippen molar-refractivity contribution in [1.29, 1.82) is 0 Å². The second kappa shape index (κ2) is 6.70. The number of rotatable bonds is 7. The third kappa shape index (κ3) is 3.65. The summed E-state index contributed by atoms with van der Waals surface area (Å²) in [5.41, 5.74) is 0. The highest BCUT2D eigenvalue weighted by molar-refractivity contribution is 14.1. The Labute approximate surface area is 137 Å². The molecule has 0 fully saturated rings. The zero-order valence-corrected chi connectivity index (χ0v) is 13.8. The molecule has 2 atom stereocenters. The summed E-state index contributed by atoms with van der Waals surface area (Å²) in [6.07, 6.45) is -7.07. The molecule has 0 N–H and O–H groups in total. The van der Waals surface area contributed by atoms with Crippen LogP contribution in [0.1, 0.15) is 26.7 Å². The third-order valence-electron chi connectivity index (χ3n) is 3.24. The Hall–Kier alpha value is -0.0400. The van der Waals surface area contributed by atoms with Gasteiger partial charge in [0.2, 0.25) is 0 Å². The standard InChI is InChI=1S/C11H12F11I/c1-3-4-6(23)5(2)7(12,13)8(14,15)9(16,17)10(18,19)11(20,21)22/h5-6H,3-4H2,1-2H3. The lowest BCUT2D eigenvalue weighted by Crippen LogP contribution is -2.68. The summed E-state index contributed by atoms with van der Waals surface area (Å²) in [5, 5.41) is 0. The summed E-state index contributed by atoms with van der Waals surface area (Å²) >= 11 is 1.23. The van der Waals surface area contributed by atoms with Crippen LogP contribution in [0.3, 0.4) is 0 Å². The first-order valence-corrected chi connectivity index (χ1v) is 7.36. The van der Waals surface area contributed by atoms with E-state index in [1.165, 1.54) is 29.5 Å². The fourth-order valence-corrected chi connectivity index (χ4v) is 2.70. The van der Waals surface area contributed by atoms with Gasteiger partial charge in [0, 0.05) is 9.84 Å². The Balaban J connectivity index is 5.94. The van der Waals surface area contributed by atoms with Crippen molar-refractivity contribution in [1.82, 2.24) is 0 Å². The minimum Gasteiger partial charge on any atom is -0.199 e. The van der Waals surface area contributed by atoms with Crippen LogP contribution in [0.5, 0.6) is 0 Å². The Kier molecular flexibility index (Phi) is 6.68. The summed E-state index contributed by atoms with van der Waals surface area (Å²) in [5.74, 6) is -29.9. The zero-order valence-electron chi connectivity index (χ0n) is 11.6. The molecular weight excluding hydrogens is 468 g/mol. The first-order valence-electron chi connectivity index (χ1n) is 6.11. The van der Waals surface area contributed by atoms with Crippen LogP contribution in [-0.2, 0) is 0 Å². The van der Waals surface area contributed by atoms with Gasteiger partial charge in [-0.3, -0.25) is 0 Å². The lowest BCUT2D eigenvalue weighted by molar-refractivity contribution is -0.426. The second-order valence-electron chi connectivity index (χ2n) is 4.94. The maximum atomic E-state index is 13.6. The summed E-state index contributed by atoms with van der Waals surface area (Å²) in [7, 11) is 0. The molecule has 0 heterocycles. The van der Waals surface area contributed by atoms with Gasteiger partial charge >= 0.3 is 29.9 Å². The topological polar surface area (TPSA) is 0 Å². The summed E-state index contributed by atoms with van der Waals surface area (Å²) in [6.45, 7) is 1.85. The molecule has 0 rings (SSSR count). The van der Waals surface area contributed by atoms with Gasteiger partial charge in [-0.2, -0.15) is 48.3 Å². The molecule has 0 amide bonds. The van der Waals surface area contributed by atoms with Crippen LogP contribution in [0.15, 0.2) is 0 Å². The maximum Gasteiger partial charge on any atom is 0.460 e. The van der Waals surface area contributed by atoms with Crippen LogP contribution in [0.25, 0.3) is 0 Å². The molecule has 0 aliphatic rings. The highest BCUT2D eigenvalue weighted by atomic mass is 127. The molecule has 12 heteroatoms.